The number of benzene rings is 1. The number of rotatable bonds is 6. The molecule has 7 nitrogen and oxygen atoms in total. The van der Waals surface area contributed by atoms with Crippen molar-refractivity contribution in [3.63, 3.8) is 0 Å². The van der Waals surface area contributed by atoms with E-state index in [4.69, 9.17) is 5.84 Å². The summed E-state index contributed by atoms with van der Waals surface area (Å²) in [4.78, 5) is 19.0. The maximum absolute atomic E-state index is 11.8. The molecule has 4 rings (SSSR count). The molecule has 2 fully saturated rings. The molecule has 3 heterocycles. The first-order valence-corrected chi connectivity index (χ1v) is 11.4. The second-order valence-corrected chi connectivity index (χ2v) is 8.74. The minimum absolute atomic E-state index is 0.513. The molecule has 8 heteroatoms. The third-order valence-electron chi connectivity index (χ3n) is 6.27. The number of aliphatic carboxylic acids is 1. The molecular weight excluding hydrogens is 398 g/mol. The molecule has 2 aliphatic rings. The molecule has 0 bridgehead atoms. The van der Waals surface area contributed by atoms with E-state index in [-0.39, 0.29) is 0 Å². The summed E-state index contributed by atoms with van der Waals surface area (Å²) in [5, 5.41) is 17.2. The van der Waals surface area contributed by atoms with Gasteiger partial charge in [-0.25, -0.2) is 0 Å². The quantitative estimate of drug-likeness (QED) is 0.418. The Morgan fingerprint density at radius 2 is 1.80 bits per heavy atom. The molecular formula is C22H29N5O2S. The fourth-order valence-corrected chi connectivity index (χ4v) is 5.33. The van der Waals surface area contributed by atoms with E-state index < -0.39 is 12.0 Å². The van der Waals surface area contributed by atoms with Crippen molar-refractivity contribution in [1.82, 2.24) is 9.80 Å². The zero-order chi connectivity index (χ0) is 20.9. The molecule has 1 aromatic heterocycles. The molecule has 1 atom stereocenters. The predicted octanol–water partition coefficient (Wildman–Crippen LogP) is 2.45. The topological polar surface area (TPSA) is 85.4 Å². The second-order valence-electron chi connectivity index (χ2n) is 7.96. The highest BCUT2D eigenvalue weighted by Crippen LogP contribution is 2.29. The summed E-state index contributed by atoms with van der Waals surface area (Å²) in [6.45, 7) is 5.78. The minimum atomic E-state index is -0.746. The Bertz CT molecular complexity index is 839. The first-order chi connectivity index (χ1) is 14.7. The number of piperazine rings is 1. The Morgan fingerprint density at radius 3 is 2.37 bits per heavy atom. The van der Waals surface area contributed by atoms with Gasteiger partial charge in [-0.3, -0.25) is 14.6 Å². The van der Waals surface area contributed by atoms with Crippen LogP contribution in [-0.4, -0.2) is 72.4 Å². The molecule has 2 saturated heterocycles. The number of hydrogen-bond acceptors (Lipinski definition) is 7. The lowest BCUT2D eigenvalue weighted by molar-refractivity contribution is -0.144. The number of hydrogen-bond donors (Lipinski definition) is 2. The minimum Gasteiger partial charge on any atom is -0.480 e. The largest absolute Gasteiger partial charge is 0.480 e. The maximum atomic E-state index is 11.8. The molecule has 0 saturated carbocycles. The Morgan fingerprint density at radius 1 is 1.10 bits per heavy atom. The van der Waals surface area contributed by atoms with Gasteiger partial charge in [0, 0.05) is 51.0 Å². The molecule has 3 N–H and O–H groups in total. The second kappa shape index (κ2) is 9.59. The van der Waals surface area contributed by atoms with Crippen LogP contribution >= 0.6 is 11.3 Å². The van der Waals surface area contributed by atoms with E-state index in [1.807, 2.05) is 29.0 Å². The van der Waals surface area contributed by atoms with Gasteiger partial charge < -0.3 is 15.8 Å². The van der Waals surface area contributed by atoms with Crippen molar-refractivity contribution in [2.45, 2.75) is 24.9 Å². The van der Waals surface area contributed by atoms with Gasteiger partial charge in [-0.05, 0) is 52.9 Å². The Hall–Kier alpha value is -2.42. The number of carbonyl (C=O) groups is 1. The lowest BCUT2D eigenvalue weighted by atomic mass is 9.99. The Kier molecular flexibility index (Phi) is 6.66. The summed E-state index contributed by atoms with van der Waals surface area (Å²) in [6, 6.07) is 10.3. The van der Waals surface area contributed by atoms with Gasteiger partial charge in [-0.1, -0.05) is 12.1 Å². The summed E-state index contributed by atoms with van der Waals surface area (Å²) < 4.78 is 0. The van der Waals surface area contributed by atoms with Crippen LogP contribution in [0, 0.1) is 0 Å². The first-order valence-electron chi connectivity index (χ1n) is 10.5. The highest BCUT2D eigenvalue weighted by Gasteiger charge is 2.33. The number of carboxylic acid groups (broad SMARTS) is 1. The van der Waals surface area contributed by atoms with Gasteiger partial charge in [0.1, 0.15) is 6.04 Å². The number of carboxylic acids is 1. The number of thiophene rings is 1. The lowest BCUT2D eigenvalue weighted by Gasteiger charge is -2.44. The van der Waals surface area contributed by atoms with Crippen molar-refractivity contribution in [3.05, 3.63) is 52.2 Å². The maximum Gasteiger partial charge on any atom is 0.325 e. The monoisotopic (exact) mass is 427 g/mol. The molecule has 1 unspecified atom stereocenters. The van der Waals surface area contributed by atoms with Crippen LogP contribution in [0.1, 0.15) is 30.0 Å². The van der Waals surface area contributed by atoms with Crippen LogP contribution in [-0.2, 0) is 4.79 Å². The predicted molar refractivity (Wildman–Crippen MR) is 121 cm³/mol. The van der Waals surface area contributed by atoms with Crippen molar-refractivity contribution in [2.75, 3.05) is 44.2 Å². The molecule has 2 aromatic rings. The highest BCUT2D eigenvalue weighted by molar-refractivity contribution is 7.08. The van der Waals surface area contributed by atoms with Crippen LogP contribution in [0.5, 0.6) is 0 Å². The van der Waals surface area contributed by atoms with E-state index >= 15 is 0 Å². The standard InChI is InChI=1S/C22H29N5O2S/c23-24-15-17-1-3-19(4-2-17)25-10-12-26(13-11-25)20-5-8-27(9-6-20)21(22(28)29)18-7-14-30-16-18/h1-4,7,14-16,20-21H,5-6,8-13,23H2,(H,28,29). The summed E-state index contributed by atoms with van der Waals surface area (Å²) in [5.41, 5.74) is 3.15. The fourth-order valence-electron chi connectivity index (χ4n) is 4.65. The first kappa shape index (κ1) is 20.8. The summed E-state index contributed by atoms with van der Waals surface area (Å²) in [6.07, 6.45) is 3.71. The SMILES string of the molecule is NN=Cc1ccc(N2CCN(C3CCN(C(C(=O)O)c4ccsc4)CC3)CC2)cc1. The number of piperidine rings is 1. The van der Waals surface area contributed by atoms with Crippen LogP contribution in [0.15, 0.2) is 46.2 Å². The number of anilines is 1. The average molecular weight is 428 g/mol. The van der Waals surface area contributed by atoms with Crippen LogP contribution in [0.3, 0.4) is 0 Å². The van der Waals surface area contributed by atoms with Gasteiger partial charge in [-0.15, -0.1) is 0 Å². The van der Waals surface area contributed by atoms with Crippen LogP contribution in [0.25, 0.3) is 0 Å². The summed E-state index contributed by atoms with van der Waals surface area (Å²) >= 11 is 1.56. The van der Waals surface area contributed by atoms with Crippen LogP contribution in [0.4, 0.5) is 5.69 Å². The number of likely N-dealkylation sites (tertiary alicyclic amines) is 1. The third kappa shape index (κ3) is 4.66. The Labute approximate surface area is 181 Å². The normalized spacial score (nSPS) is 20.6. The summed E-state index contributed by atoms with van der Waals surface area (Å²) in [7, 11) is 0. The van der Waals surface area contributed by atoms with E-state index in [0.717, 1.165) is 63.2 Å². The van der Waals surface area contributed by atoms with E-state index in [2.05, 4.69) is 31.9 Å². The zero-order valence-corrected chi connectivity index (χ0v) is 17.9. The molecule has 0 aliphatic carbocycles. The van der Waals surface area contributed by atoms with E-state index in [9.17, 15) is 9.90 Å². The van der Waals surface area contributed by atoms with Crippen molar-refractivity contribution >= 4 is 29.2 Å². The molecule has 160 valence electrons. The lowest BCUT2D eigenvalue weighted by Crippen LogP contribution is -2.53. The van der Waals surface area contributed by atoms with E-state index in [0.29, 0.717) is 6.04 Å². The van der Waals surface area contributed by atoms with Gasteiger partial charge in [0.05, 0.1) is 6.21 Å². The molecule has 2 aliphatic heterocycles. The van der Waals surface area contributed by atoms with Crippen LogP contribution < -0.4 is 10.7 Å². The zero-order valence-electron chi connectivity index (χ0n) is 17.1. The number of nitrogens with zero attached hydrogens (tertiary/aromatic N) is 4. The molecule has 0 spiro atoms. The van der Waals surface area contributed by atoms with Gasteiger partial charge in [-0.2, -0.15) is 16.4 Å². The third-order valence-corrected chi connectivity index (χ3v) is 6.97. The molecule has 1 aromatic carbocycles. The number of hydrazone groups is 1. The van der Waals surface area contributed by atoms with E-state index in [1.54, 1.807) is 17.6 Å². The number of nitrogens with two attached hydrogens (primary N) is 1. The van der Waals surface area contributed by atoms with Gasteiger partial charge in [0.2, 0.25) is 0 Å². The van der Waals surface area contributed by atoms with Crippen molar-refractivity contribution in [3.8, 4) is 0 Å². The van der Waals surface area contributed by atoms with Crippen molar-refractivity contribution < 1.29 is 9.90 Å². The van der Waals surface area contributed by atoms with Crippen molar-refractivity contribution in [1.29, 1.82) is 0 Å². The van der Waals surface area contributed by atoms with Gasteiger partial charge >= 0.3 is 5.97 Å². The fraction of sp³-hybridized carbons (Fsp3) is 0.455. The molecule has 0 radical (unpaired) electrons. The van der Waals surface area contributed by atoms with Gasteiger partial charge in [0.15, 0.2) is 0 Å². The molecule has 30 heavy (non-hydrogen) atoms. The summed E-state index contributed by atoms with van der Waals surface area (Å²) in [5.74, 6) is 4.47. The van der Waals surface area contributed by atoms with Crippen molar-refractivity contribution in [2.24, 2.45) is 10.9 Å². The highest BCUT2D eigenvalue weighted by atomic mass is 32.1. The molecule has 0 amide bonds. The Balaban J connectivity index is 1.28. The average Bonchev–Trinajstić information content (AvgIpc) is 3.29. The van der Waals surface area contributed by atoms with Gasteiger partial charge in [0.25, 0.3) is 0 Å². The van der Waals surface area contributed by atoms with E-state index in [1.165, 1.54) is 5.69 Å². The van der Waals surface area contributed by atoms with Crippen LogP contribution in [0.2, 0.25) is 0 Å². The smallest absolute Gasteiger partial charge is 0.325 e.